The highest BCUT2D eigenvalue weighted by Crippen LogP contribution is 2.24. The first-order valence-electron chi connectivity index (χ1n) is 5.91. The number of ether oxygens (including phenoxy) is 1. The van der Waals surface area contributed by atoms with Crippen LogP contribution in [-0.4, -0.2) is 21.5 Å². The van der Waals surface area contributed by atoms with Crippen LogP contribution in [0.2, 0.25) is 5.02 Å². The van der Waals surface area contributed by atoms with E-state index in [1.54, 1.807) is 0 Å². The molecule has 0 N–H and O–H groups in total. The zero-order chi connectivity index (χ0) is 16.3. The van der Waals surface area contributed by atoms with E-state index in [4.69, 9.17) is 15.8 Å². The Bertz CT molecular complexity index is 820. The maximum Gasteiger partial charge on any atom is 0.342 e. The maximum atomic E-state index is 13.7. The van der Waals surface area contributed by atoms with Crippen LogP contribution in [0.1, 0.15) is 10.4 Å². The second-order valence-electron chi connectivity index (χ2n) is 4.13. The smallest absolute Gasteiger partial charge is 0.342 e. The first-order valence-corrected chi connectivity index (χ1v) is 7.70. The highest BCUT2D eigenvalue weighted by atomic mass is 35.5. The van der Waals surface area contributed by atoms with Crippen molar-refractivity contribution < 1.29 is 26.5 Å². The number of benzene rings is 2. The fourth-order valence-electron chi connectivity index (χ4n) is 1.64. The lowest BCUT2D eigenvalue weighted by Crippen LogP contribution is -2.12. The highest BCUT2D eigenvalue weighted by Gasteiger charge is 2.22. The van der Waals surface area contributed by atoms with E-state index in [-0.39, 0.29) is 16.3 Å². The molecule has 22 heavy (non-hydrogen) atoms. The fourth-order valence-corrected chi connectivity index (χ4v) is 2.78. The topological polar surface area (TPSA) is 69.7 Å². The summed E-state index contributed by atoms with van der Waals surface area (Å²) < 4.78 is 47.2. The van der Waals surface area contributed by atoms with E-state index in [0.29, 0.717) is 0 Å². The normalized spacial score (nSPS) is 11.0. The van der Waals surface area contributed by atoms with Gasteiger partial charge in [0.15, 0.2) is 0 Å². The van der Waals surface area contributed by atoms with Crippen LogP contribution in [0.5, 0.6) is 5.75 Å². The fraction of sp³-hybridized carbons (Fsp3) is 0.0714. The van der Waals surface area contributed by atoms with Gasteiger partial charge in [-0.25, -0.2) is 9.18 Å². The lowest BCUT2D eigenvalue weighted by atomic mass is 10.2. The van der Waals surface area contributed by atoms with E-state index in [2.05, 4.69) is 4.74 Å². The number of hydrogen-bond acceptors (Lipinski definition) is 5. The van der Waals surface area contributed by atoms with Gasteiger partial charge in [-0.15, -0.1) is 0 Å². The number of rotatable bonds is 4. The van der Waals surface area contributed by atoms with E-state index in [1.165, 1.54) is 37.4 Å². The molecule has 116 valence electrons. The number of hydrogen-bond donors (Lipinski definition) is 0. The van der Waals surface area contributed by atoms with E-state index in [9.17, 15) is 17.6 Å². The molecule has 0 aliphatic carbocycles. The standard InChI is InChI=1S/C14H10ClFO5S/c1-20-14(17)9-3-2-4-11(7-9)21-22(18,19)13-6-5-10(15)8-12(13)16/h2-8H,1H3. The molecule has 5 nitrogen and oxygen atoms in total. The third-order valence-electron chi connectivity index (χ3n) is 2.62. The van der Waals surface area contributed by atoms with E-state index < -0.39 is 26.8 Å². The molecule has 0 heterocycles. The van der Waals surface area contributed by atoms with Gasteiger partial charge in [0.25, 0.3) is 0 Å². The molecule has 0 bridgehead atoms. The van der Waals surface area contributed by atoms with Crippen molar-refractivity contribution >= 4 is 27.7 Å². The summed E-state index contributed by atoms with van der Waals surface area (Å²) in [5, 5.41) is 0.0594. The number of carbonyl (C=O) groups excluding carboxylic acids is 1. The van der Waals surface area contributed by atoms with Gasteiger partial charge in [-0.3, -0.25) is 0 Å². The van der Waals surface area contributed by atoms with Crippen molar-refractivity contribution in [2.75, 3.05) is 7.11 Å². The Balaban J connectivity index is 2.35. The van der Waals surface area contributed by atoms with Gasteiger partial charge in [0.05, 0.1) is 12.7 Å². The summed E-state index contributed by atoms with van der Waals surface area (Å²) >= 11 is 5.57. The third-order valence-corrected chi connectivity index (χ3v) is 4.14. The van der Waals surface area contributed by atoms with Gasteiger partial charge >= 0.3 is 16.1 Å². The van der Waals surface area contributed by atoms with Gasteiger partial charge in [-0.1, -0.05) is 17.7 Å². The SMILES string of the molecule is COC(=O)c1cccc(OS(=O)(=O)c2ccc(Cl)cc2F)c1. The molecule has 0 unspecified atom stereocenters. The minimum atomic E-state index is -4.40. The van der Waals surface area contributed by atoms with Gasteiger partial charge in [-0.05, 0) is 36.4 Å². The third kappa shape index (κ3) is 3.55. The van der Waals surface area contributed by atoms with Crippen molar-refractivity contribution in [1.29, 1.82) is 0 Å². The lowest BCUT2D eigenvalue weighted by Gasteiger charge is -2.09. The summed E-state index contributed by atoms with van der Waals surface area (Å²) in [6, 6.07) is 8.42. The second kappa shape index (κ2) is 6.33. The van der Waals surface area contributed by atoms with Crippen molar-refractivity contribution in [2.45, 2.75) is 4.90 Å². The Morgan fingerprint density at radius 1 is 1.18 bits per heavy atom. The van der Waals surface area contributed by atoms with Gasteiger partial charge in [0.2, 0.25) is 0 Å². The van der Waals surface area contributed by atoms with Crippen molar-refractivity contribution in [3.63, 3.8) is 0 Å². The molecule has 0 atom stereocenters. The lowest BCUT2D eigenvalue weighted by molar-refractivity contribution is 0.0600. The Hall–Kier alpha value is -2.12. The van der Waals surface area contributed by atoms with Crippen molar-refractivity contribution in [2.24, 2.45) is 0 Å². The summed E-state index contributed by atoms with van der Waals surface area (Å²) in [7, 11) is -3.21. The van der Waals surface area contributed by atoms with Crippen LogP contribution in [0.4, 0.5) is 4.39 Å². The van der Waals surface area contributed by atoms with Crippen LogP contribution in [0.25, 0.3) is 0 Å². The number of esters is 1. The van der Waals surface area contributed by atoms with Gasteiger partial charge in [-0.2, -0.15) is 8.42 Å². The van der Waals surface area contributed by atoms with Crippen LogP contribution in [-0.2, 0) is 14.9 Å². The number of methoxy groups -OCH3 is 1. The molecule has 0 aliphatic heterocycles. The Morgan fingerprint density at radius 3 is 2.55 bits per heavy atom. The zero-order valence-electron chi connectivity index (χ0n) is 11.2. The van der Waals surface area contributed by atoms with E-state index in [1.807, 2.05) is 0 Å². The summed E-state index contributed by atoms with van der Waals surface area (Å²) in [4.78, 5) is 10.7. The van der Waals surface area contributed by atoms with Crippen LogP contribution in [0.15, 0.2) is 47.4 Å². The summed E-state index contributed by atoms with van der Waals surface area (Å²) in [5.41, 5.74) is 0.103. The second-order valence-corrected chi connectivity index (χ2v) is 6.08. The average molecular weight is 345 g/mol. The maximum absolute atomic E-state index is 13.7. The molecule has 0 aliphatic rings. The van der Waals surface area contributed by atoms with Crippen LogP contribution in [0, 0.1) is 5.82 Å². The van der Waals surface area contributed by atoms with E-state index in [0.717, 1.165) is 12.1 Å². The van der Waals surface area contributed by atoms with Crippen molar-refractivity contribution in [1.82, 2.24) is 0 Å². The number of carbonyl (C=O) groups is 1. The predicted octanol–water partition coefficient (Wildman–Crippen LogP) is 3.03. The number of halogens is 2. The monoisotopic (exact) mass is 344 g/mol. The highest BCUT2D eigenvalue weighted by molar-refractivity contribution is 7.87. The summed E-state index contributed by atoms with van der Waals surface area (Å²) in [5.74, 6) is -1.82. The zero-order valence-corrected chi connectivity index (χ0v) is 12.8. The molecule has 2 aromatic carbocycles. The van der Waals surface area contributed by atoms with Crippen molar-refractivity contribution in [3.8, 4) is 5.75 Å². The predicted molar refractivity (Wildman–Crippen MR) is 77.0 cm³/mol. The average Bonchev–Trinajstić information content (AvgIpc) is 2.45. The molecule has 0 saturated heterocycles. The quantitative estimate of drug-likeness (QED) is 0.630. The summed E-state index contributed by atoms with van der Waals surface area (Å²) in [6.07, 6.45) is 0. The molecule has 8 heteroatoms. The molecule has 0 saturated carbocycles. The first-order chi connectivity index (χ1) is 10.3. The molecule has 2 aromatic rings. The van der Waals surface area contributed by atoms with Gasteiger partial charge in [0.1, 0.15) is 16.5 Å². The Kier molecular flexibility index (Phi) is 4.68. The van der Waals surface area contributed by atoms with E-state index >= 15 is 0 Å². The molecule has 0 radical (unpaired) electrons. The molecular weight excluding hydrogens is 335 g/mol. The van der Waals surface area contributed by atoms with Crippen LogP contribution >= 0.6 is 11.6 Å². The minimum absolute atomic E-state index is 0.0594. The summed E-state index contributed by atoms with van der Waals surface area (Å²) in [6.45, 7) is 0. The van der Waals surface area contributed by atoms with Crippen molar-refractivity contribution in [3.05, 3.63) is 58.9 Å². The molecule has 0 aromatic heterocycles. The van der Waals surface area contributed by atoms with Crippen LogP contribution in [0.3, 0.4) is 0 Å². The first kappa shape index (κ1) is 16.3. The Morgan fingerprint density at radius 2 is 1.91 bits per heavy atom. The molecule has 2 rings (SSSR count). The molecule has 0 amide bonds. The molecular formula is C14H10ClFO5S. The Labute approximate surface area is 131 Å². The van der Waals surface area contributed by atoms with Crippen LogP contribution < -0.4 is 4.18 Å². The van der Waals surface area contributed by atoms with Gasteiger partial charge < -0.3 is 8.92 Å². The van der Waals surface area contributed by atoms with Gasteiger partial charge in [0, 0.05) is 5.02 Å². The molecule has 0 fully saturated rings. The largest absolute Gasteiger partial charge is 0.465 e. The minimum Gasteiger partial charge on any atom is -0.465 e. The molecule has 0 spiro atoms.